The molecular formula is C20H23N3O3. The van der Waals surface area contributed by atoms with Crippen molar-refractivity contribution in [2.45, 2.75) is 31.9 Å². The van der Waals surface area contributed by atoms with Crippen LogP contribution in [-0.4, -0.2) is 29.6 Å². The molecule has 1 atom stereocenters. The number of hydrogen-bond acceptors (Lipinski definition) is 3. The number of carbonyl (C=O) groups is 2. The van der Waals surface area contributed by atoms with Crippen molar-refractivity contribution in [2.24, 2.45) is 0 Å². The van der Waals surface area contributed by atoms with Gasteiger partial charge < -0.3 is 20.4 Å². The molecule has 0 bridgehead atoms. The molecular weight excluding hydrogens is 330 g/mol. The minimum Gasteiger partial charge on any atom is -0.357 e. The second-order valence-electron chi connectivity index (χ2n) is 7.09. The number of benzene rings is 1. The van der Waals surface area contributed by atoms with Crippen LogP contribution in [0.15, 0.2) is 42.6 Å². The van der Waals surface area contributed by atoms with Crippen LogP contribution in [0.2, 0.25) is 0 Å². The number of para-hydroxylation sites is 1. The van der Waals surface area contributed by atoms with E-state index in [-0.39, 0.29) is 11.1 Å². The highest BCUT2D eigenvalue weighted by Crippen LogP contribution is 2.34. The van der Waals surface area contributed by atoms with E-state index < -0.39 is 17.5 Å². The lowest BCUT2D eigenvalue weighted by molar-refractivity contribution is -0.153. The van der Waals surface area contributed by atoms with Crippen molar-refractivity contribution < 1.29 is 14.3 Å². The fourth-order valence-electron chi connectivity index (χ4n) is 2.95. The Balaban J connectivity index is 2.15. The van der Waals surface area contributed by atoms with Crippen LogP contribution in [0.5, 0.6) is 0 Å². The first-order valence-electron chi connectivity index (χ1n) is 8.37. The Bertz CT molecular complexity index is 939. The molecule has 0 aliphatic carbocycles. The number of fused-ring (bicyclic) bond motifs is 1. The van der Waals surface area contributed by atoms with E-state index in [1.165, 1.54) is 14.0 Å². The van der Waals surface area contributed by atoms with E-state index in [0.717, 1.165) is 22.2 Å². The Hall–Kier alpha value is -2.86. The van der Waals surface area contributed by atoms with Gasteiger partial charge in [0.05, 0.1) is 0 Å². The lowest BCUT2D eigenvalue weighted by atomic mass is 9.86. The number of carbonyl (C=O) groups excluding carboxylic acids is 2. The van der Waals surface area contributed by atoms with Crippen LogP contribution < -0.4 is 10.6 Å². The molecule has 0 saturated carbocycles. The summed E-state index contributed by atoms with van der Waals surface area (Å²) in [5.74, 6) is -0.822. The van der Waals surface area contributed by atoms with Crippen LogP contribution in [0, 0.1) is 0 Å². The summed E-state index contributed by atoms with van der Waals surface area (Å²) in [5.41, 5.74) is 1.17. The minimum absolute atomic E-state index is 0.176. The predicted molar refractivity (Wildman–Crippen MR) is 101 cm³/mol. The Morgan fingerprint density at radius 1 is 1.23 bits per heavy atom. The number of rotatable bonds is 4. The zero-order valence-corrected chi connectivity index (χ0v) is 15.4. The second-order valence-corrected chi connectivity index (χ2v) is 7.09. The summed E-state index contributed by atoms with van der Waals surface area (Å²) in [4.78, 5) is 28.2. The summed E-state index contributed by atoms with van der Waals surface area (Å²) < 4.78 is 5.12. The van der Waals surface area contributed by atoms with Gasteiger partial charge in [-0.05, 0) is 19.1 Å². The molecule has 6 nitrogen and oxygen atoms in total. The molecule has 0 spiro atoms. The van der Waals surface area contributed by atoms with E-state index in [1.807, 2.05) is 44.2 Å². The van der Waals surface area contributed by atoms with Crippen LogP contribution in [0.4, 0.5) is 0 Å². The van der Waals surface area contributed by atoms with Gasteiger partial charge in [0.25, 0.3) is 11.8 Å². The molecule has 0 radical (unpaired) electrons. The number of nitrogens with one attached hydrogen (secondary N) is 3. The van der Waals surface area contributed by atoms with Crippen LogP contribution in [-0.2, 0) is 19.7 Å². The largest absolute Gasteiger partial charge is 0.357 e. The molecule has 2 heterocycles. The number of aromatic amines is 1. The zero-order valence-electron chi connectivity index (χ0n) is 15.4. The number of piperazine rings is 1. The molecule has 1 aliphatic rings. The standard InChI is InChI=1S/C20H23N3O3/c1-6-19(2,3)16-13(12-9-7-8-10-14(12)21-16)11-15-17(24)23-20(4,26-5)18(25)22-15/h6-11,21H,1H2,2-5H3,(H,22,25)(H,23,24)/b15-11-/t20-/m0/s1. The van der Waals surface area contributed by atoms with Crippen LogP contribution >= 0.6 is 0 Å². The van der Waals surface area contributed by atoms with Gasteiger partial charge in [-0.25, -0.2) is 0 Å². The third-order valence-electron chi connectivity index (χ3n) is 4.88. The molecule has 0 unspecified atom stereocenters. The smallest absolute Gasteiger partial charge is 0.277 e. The molecule has 1 fully saturated rings. The van der Waals surface area contributed by atoms with Gasteiger partial charge >= 0.3 is 0 Å². The van der Waals surface area contributed by atoms with E-state index in [1.54, 1.807) is 6.08 Å². The Labute approximate surface area is 152 Å². The average molecular weight is 353 g/mol. The topological polar surface area (TPSA) is 83.2 Å². The summed E-state index contributed by atoms with van der Waals surface area (Å²) in [6.45, 7) is 9.50. The maximum Gasteiger partial charge on any atom is 0.277 e. The first-order chi connectivity index (χ1) is 12.2. The predicted octanol–water partition coefficient (Wildman–Crippen LogP) is 2.58. The van der Waals surface area contributed by atoms with E-state index in [9.17, 15) is 9.59 Å². The molecule has 6 heteroatoms. The molecule has 3 N–H and O–H groups in total. The summed E-state index contributed by atoms with van der Waals surface area (Å²) in [6, 6.07) is 7.83. The Kier molecular flexibility index (Phi) is 4.24. The molecule has 1 aliphatic heterocycles. The van der Waals surface area contributed by atoms with Gasteiger partial charge in [-0.15, -0.1) is 6.58 Å². The number of hydrogen-bond donors (Lipinski definition) is 3. The highest BCUT2D eigenvalue weighted by molar-refractivity contribution is 6.09. The van der Waals surface area contributed by atoms with Gasteiger partial charge in [0.2, 0.25) is 5.72 Å². The number of amides is 2. The van der Waals surface area contributed by atoms with Gasteiger partial charge in [-0.2, -0.15) is 0 Å². The molecule has 26 heavy (non-hydrogen) atoms. The van der Waals surface area contributed by atoms with Crippen molar-refractivity contribution in [2.75, 3.05) is 7.11 Å². The summed E-state index contributed by atoms with van der Waals surface area (Å²) in [5, 5.41) is 6.22. The van der Waals surface area contributed by atoms with Crippen molar-refractivity contribution in [3.05, 3.63) is 53.9 Å². The highest BCUT2D eigenvalue weighted by atomic mass is 16.5. The second kappa shape index (κ2) is 6.14. The summed E-state index contributed by atoms with van der Waals surface area (Å²) >= 11 is 0. The average Bonchev–Trinajstić information content (AvgIpc) is 2.99. The van der Waals surface area contributed by atoms with Crippen molar-refractivity contribution in [3.63, 3.8) is 0 Å². The van der Waals surface area contributed by atoms with E-state index in [2.05, 4.69) is 22.2 Å². The number of aromatic nitrogens is 1. The normalized spacial score (nSPS) is 22.4. The number of ether oxygens (including phenoxy) is 1. The van der Waals surface area contributed by atoms with Crippen molar-refractivity contribution in [1.29, 1.82) is 0 Å². The molecule has 2 aromatic rings. The number of allylic oxidation sites excluding steroid dienone is 1. The van der Waals surface area contributed by atoms with Crippen molar-refractivity contribution in [1.82, 2.24) is 15.6 Å². The zero-order chi connectivity index (χ0) is 19.1. The van der Waals surface area contributed by atoms with Gasteiger partial charge in [0, 0.05) is 34.7 Å². The lowest BCUT2D eigenvalue weighted by Gasteiger charge is -2.33. The maximum absolute atomic E-state index is 12.5. The van der Waals surface area contributed by atoms with Crippen LogP contribution in [0.3, 0.4) is 0 Å². The highest BCUT2D eigenvalue weighted by Gasteiger charge is 2.41. The molecule has 3 rings (SSSR count). The SMILES string of the molecule is C=CC(C)(C)c1[nH]c2ccccc2c1/C=C1\NC(=O)[C@](C)(OC)NC1=O. The van der Waals surface area contributed by atoms with E-state index in [0.29, 0.717) is 0 Å². The minimum atomic E-state index is -1.38. The summed E-state index contributed by atoms with van der Waals surface area (Å²) in [7, 11) is 1.37. The van der Waals surface area contributed by atoms with Gasteiger partial charge in [0.1, 0.15) is 5.70 Å². The fraction of sp³-hybridized carbons (Fsp3) is 0.300. The molecule has 1 aromatic heterocycles. The van der Waals surface area contributed by atoms with Crippen molar-refractivity contribution >= 4 is 28.8 Å². The monoisotopic (exact) mass is 353 g/mol. The van der Waals surface area contributed by atoms with Crippen LogP contribution in [0.25, 0.3) is 17.0 Å². The van der Waals surface area contributed by atoms with Gasteiger partial charge in [0.15, 0.2) is 0 Å². The summed E-state index contributed by atoms with van der Waals surface area (Å²) in [6.07, 6.45) is 3.54. The third-order valence-corrected chi connectivity index (χ3v) is 4.88. The van der Waals surface area contributed by atoms with Crippen molar-refractivity contribution in [3.8, 4) is 0 Å². The Morgan fingerprint density at radius 3 is 2.58 bits per heavy atom. The molecule has 1 aromatic carbocycles. The Morgan fingerprint density at radius 2 is 1.92 bits per heavy atom. The first-order valence-corrected chi connectivity index (χ1v) is 8.37. The van der Waals surface area contributed by atoms with E-state index >= 15 is 0 Å². The van der Waals surface area contributed by atoms with E-state index in [4.69, 9.17) is 4.74 Å². The third kappa shape index (κ3) is 2.82. The van der Waals surface area contributed by atoms with Gasteiger partial charge in [-0.1, -0.05) is 38.1 Å². The molecule has 136 valence electrons. The van der Waals surface area contributed by atoms with Gasteiger partial charge in [-0.3, -0.25) is 9.59 Å². The number of methoxy groups -OCH3 is 1. The molecule has 1 saturated heterocycles. The number of H-pyrrole nitrogens is 1. The lowest BCUT2D eigenvalue weighted by Crippen LogP contribution is -2.63. The van der Waals surface area contributed by atoms with Crippen LogP contribution in [0.1, 0.15) is 32.0 Å². The first kappa shape index (κ1) is 17.9. The maximum atomic E-state index is 12.5. The quantitative estimate of drug-likeness (QED) is 0.583. The fourth-order valence-corrected chi connectivity index (χ4v) is 2.95. The molecule has 2 amide bonds.